The lowest BCUT2D eigenvalue weighted by Crippen LogP contribution is -2.15. The second kappa shape index (κ2) is 48.8. The van der Waals surface area contributed by atoms with Crippen LogP contribution in [0.3, 0.4) is 0 Å². The summed E-state index contributed by atoms with van der Waals surface area (Å²) in [6.07, 6.45) is 27.8. The van der Waals surface area contributed by atoms with Gasteiger partial charge in [0.2, 0.25) is 0 Å². The Kier molecular flexibility index (Phi) is 45.8. The maximum atomic E-state index is 11.2. The lowest BCUT2D eigenvalue weighted by atomic mass is 10.1. The molecule has 1 aromatic carbocycles. The molecule has 0 saturated carbocycles. The van der Waals surface area contributed by atoms with E-state index in [1.54, 1.807) is 6.20 Å². The Hall–Kier alpha value is -2.17. The van der Waals surface area contributed by atoms with Gasteiger partial charge in [-0.25, -0.2) is 5.53 Å². The molecule has 392 valence electrons. The van der Waals surface area contributed by atoms with Gasteiger partial charge in [0.05, 0.1) is 119 Å². The highest BCUT2D eigenvalue weighted by Crippen LogP contribution is 2.34. The van der Waals surface area contributed by atoms with E-state index in [0.29, 0.717) is 118 Å². The number of hydrogen-bond acceptors (Lipinski definition) is 14. The average Bonchev–Trinajstić information content (AvgIpc) is 3.31. The third-order valence-corrected chi connectivity index (χ3v) is 11.7. The second-order valence-corrected chi connectivity index (χ2v) is 19.7. The first-order valence-electron chi connectivity index (χ1n) is 26.0. The number of rotatable bonds is 54. The van der Waals surface area contributed by atoms with Crippen LogP contribution >= 0.6 is 7.37 Å². The molecule has 0 aliphatic rings. The van der Waals surface area contributed by atoms with Gasteiger partial charge >= 0.3 is 0 Å². The summed E-state index contributed by atoms with van der Waals surface area (Å²) in [5.41, 5.74) is 9.16. The monoisotopic (exact) mass is 974 g/mol. The van der Waals surface area contributed by atoms with E-state index >= 15 is 0 Å². The first-order chi connectivity index (χ1) is 32.9. The molecule has 16 heteroatoms. The van der Waals surface area contributed by atoms with Crippen LogP contribution in [0.2, 0.25) is 0 Å². The molecule has 1 atom stereocenters. The van der Waals surface area contributed by atoms with Crippen molar-refractivity contribution in [2.75, 3.05) is 132 Å². The Balaban J connectivity index is 2.20. The maximum Gasteiger partial charge on any atom is 0.199 e. The van der Waals surface area contributed by atoms with Crippen molar-refractivity contribution in [3.05, 3.63) is 35.7 Å². The molecule has 0 saturated heterocycles. The van der Waals surface area contributed by atoms with E-state index in [9.17, 15) is 9.46 Å². The van der Waals surface area contributed by atoms with Gasteiger partial charge in [-0.1, -0.05) is 129 Å². The molecule has 0 bridgehead atoms. The van der Waals surface area contributed by atoms with Crippen LogP contribution in [-0.2, 0) is 49.0 Å². The maximum absolute atomic E-state index is 11.2. The van der Waals surface area contributed by atoms with Gasteiger partial charge in [0, 0.05) is 31.6 Å². The summed E-state index contributed by atoms with van der Waals surface area (Å²) in [6, 6.07) is 6.16. The van der Waals surface area contributed by atoms with Crippen LogP contribution in [0.4, 0.5) is 0 Å². The van der Waals surface area contributed by atoms with Crippen LogP contribution in [0.1, 0.15) is 148 Å². The van der Waals surface area contributed by atoms with Crippen LogP contribution in [0, 0.1) is 5.53 Å². The zero-order valence-electron chi connectivity index (χ0n) is 42.4. The second-order valence-electron chi connectivity index (χ2n) is 17.1. The number of nitrogens with one attached hydrogen (secondary N) is 2. The number of benzene rings is 1. The molecule has 67 heavy (non-hydrogen) atoms. The predicted molar refractivity (Wildman–Crippen MR) is 268 cm³/mol. The van der Waals surface area contributed by atoms with Crippen molar-refractivity contribution < 1.29 is 56.8 Å². The normalized spacial score (nSPS) is 12.7. The smallest absolute Gasteiger partial charge is 0.199 e. The van der Waals surface area contributed by atoms with E-state index < -0.39 is 7.37 Å². The summed E-state index contributed by atoms with van der Waals surface area (Å²) in [4.78, 5) is 9.20. The zero-order chi connectivity index (χ0) is 48.4. The Labute approximate surface area is 406 Å². The molecule has 0 fully saturated rings. The van der Waals surface area contributed by atoms with Crippen molar-refractivity contribution in [2.45, 2.75) is 149 Å². The highest BCUT2D eigenvalue weighted by Gasteiger charge is 2.09. The van der Waals surface area contributed by atoms with E-state index in [0.717, 1.165) is 29.9 Å². The third kappa shape index (κ3) is 46.0. The van der Waals surface area contributed by atoms with Crippen LogP contribution in [0.15, 0.2) is 35.2 Å². The topological polar surface area (TPSA) is 178 Å². The molecule has 1 aromatic rings. The van der Waals surface area contributed by atoms with Gasteiger partial charge in [0.1, 0.15) is 17.2 Å². The fraction of sp³-hybridized carbons (Fsp3) is 0.843. The van der Waals surface area contributed by atoms with Gasteiger partial charge < -0.3 is 57.6 Å². The standard InChI is InChI=1S/C51H96N3O12P/c1-4-6-8-10-12-14-16-18-20-22-24-65-50-42-48(43-51(44-50)66-25-23-21-19-17-15-13-11-9-7-5-2)45-53-46-49(54-52)47-64-39-38-62-35-34-60-31-30-58-27-26-57-28-29-59-32-33-61-36-37-63-40-41-67(3,55)56/h42-44,46,52-53H,4-41,45,47H2,1-3H3,(H,55,56)/b49-46-,54-52?. The minimum absolute atomic E-state index is 0.153. The van der Waals surface area contributed by atoms with Crippen molar-refractivity contribution in [3.8, 4) is 11.5 Å². The fourth-order valence-corrected chi connectivity index (χ4v) is 7.27. The van der Waals surface area contributed by atoms with E-state index in [1.165, 1.54) is 122 Å². The van der Waals surface area contributed by atoms with Crippen molar-refractivity contribution in [1.29, 1.82) is 5.53 Å². The Morgan fingerprint density at radius 2 is 0.836 bits per heavy atom. The molecular formula is C51H96N3O12P. The highest BCUT2D eigenvalue weighted by molar-refractivity contribution is 7.57. The lowest BCUT2D eigenvalue weighted by molar-refractivity contribution is -0.0224. The van der Waals surface area contributed by atoms with Crippen molar-refractivity contribution in [3.63, 3.8) is 0 Å². The highest BCUT2D eigenvalue weighted by atomic mass is 31.2. The van der Waals surface area contributed by atoms with E-state index in [1.807, 2.05) is 6.07 Å². The average molecular weight is 974 g/mol. The predicted octanol–water partition coefficient (Wildman–Crippen LogP) is 11.3. The van der Waals surface area contributed by atoms with E-state index in [2.05, 4.69) is 36.4 Å². The zero-order valence-corrected chi connectivity index (χ0v) is 43.3. The van der Waals surface area contributed by atoms with Crippen LogP contribution in [-0.4, -0.2) is 137 Å². The van der Waals surface area contributed by atoms with E-state index in [-0.39, 0.29) is 19.4 Å². The lowest BCUT2D eigenvalue weighted by Gasteiger charge is -2.13. The Bertz CT molecular complexity index is 1260. The minimum Gasteiger partial charge on any atom is -0.493 e. The molecule has 0 aliphatic carbocycles. The summed E-state index contributed by atoms with van der Waals surface area (Å²) < 4.78 is 67.7. The van der Waals surface area contributed by atoms with Gasteiger partial charge in [-0.3, -0.25) is 4.57 Å². The number of hydrogen-bond donors (Lipinski definition) is 3. The molecule has 1 rings (SSSR count). The first-order valence-corrected chi connectivity index (χ1v) is 28.3. The van der Waals surface area contributed by atoms with Gasteiger partial charge in [0.25, 0.3) is 0 Å². The fourth-order valence-electron chi connectivity index (χ4n) is 6.80. The molecule has 0 radical (unpaired) electrons. The molecule has 1 unspecified atom stereocenters. The number of unbranched alkanes of at least 4 members (excludes halogenated alkanes) is 18. The third-order valence-electron chi connectivity index (χ3n) is 10.7. The molecule has 0 spiro atoms. The summed E-state index contributed by atoms with van der Waals surface area (Å²) in [6.45, 7) is 14.4. The van der Waals surface area contributed by atoms with Gasteiger partial charge in [0.15, 0.2) is 7.37 Å². The Morgan fingerprint density at radius 1 is 0.507 bits per heavy atom. The molecule has 0 heterocycles. The largest absolute Gasteiger partial charge is 0.493 e. The molecule has 3 N–H and O–H groups in total. The SMILES string of the molecule is CCCCCCCCCCCCOc1cc(CN/C=C(/COCCOCCOCCOCCOCCOCCOCCOCCP(C)(=O)O)N=N)cc(OCCCCCCCCCCCC)c1. The van der Waals surface area contributed by atoms with E-state index in [4.69, 9.17) is 52.9 Å². The van der Waals surface area contributed by atoms with Crippen molar-refractivity contribution in [2.24, 2.45) is 5.11 Å². The molecular weight excluding hydrogens is 878 g/mol. The van der Waals surface area contributed by atoms with Crippen LogP contribution in [0.5, 0.6) is 11.5 Å². The Morgan fingerprint density at radius 3 is 1.18 bits per heavy atom. The summed E-state index contributed by atoms with van der Waals surface area (Å²) in [5, 5.41) is 6.94. The first kappa shape index (κ1) is 62.8. The summed E-state index contributed by atoms with van der Waals surface area (Å²) in [5.74, 6) is 1.66. The molecule has 0 aliphatic heterocycles. The summed E-state index contributed by atoms with van der Waals surface area (Å²) >= 11 is 0. The number of ether oxygens (including phenoxy) is 10. The van der Waals surface area contributed by atoms with Crippen LogP contribution in [0.25, 0.3) is 0 Å². The van der Waals surface area contributed by atoms with Gasteiger partial charge in [-0.15, -0.1) is 0 Å². The van der Waals surface area contributed by atoms with Gasteiger partial charge in [-0.2, -0.15) is 5.11 Å². The van der Waals surface area contributed by atoms with Crippen molar-refractivity contribution >= 4 is 7.37 Å². The van der Waals surface area contributed by atoms with Crippen LogP contribution < -0.4 is 14.8 Å². The number of nitrogens with zero attached hydrogens (tertiary/aromatic N) is 1. The molecule has 0 aromatic heterocycles. The summed E-state index contributed by atoms with van der Waals surface area (Å²) in [7, 11) is -3.01. The molecule has 0 amide bonds. The van der Waals surface area contributed by atoms with Gasteiger partial charge in [-0.05, 0) is 30.5 Å². The van der Waals surface area contributed by atoms with Crippen molar-refractivity contribution in [1.82, 2.24) is 5.32 Å². The quantitative estimate of drug-likeness (QED) is 0.0319. The minimum atomic E-state index is -3.01. The molecule has 15 nitrogen and oxygen atoms in total.